The normalized spacial score (nSPS) is 48.8. The standard InChI is InChI=1S/C17H26BNO5/c1-11-13-7-12(17(13,2)3)8-14(11)19-9-15(21)23-18(19,5-4-6-20)24-16(22)10-19/h4-5,11-14,20H,6-10H2,1-3H3/b5-4+/t11-,12+,13?,14?,18?,19?/m1/s1. The van der Waals surface area contributed by atoms with Gasteiger partial charge in [-0.1, -0.05) is 32.8 Å². The Morgan fingerprint density at radius 1 is 1.25 bits per heavy atom. The zero-order chi connectivity index (χ0) is 17.3. The minimum absolute atomic E-state index is 0.170. The molecule has 0 spiro atoms. The molecular formula is C17H26BNO5. The van der Waals surface area contributed by atoms with Gasteiger partial charge in [-0.15, -0.1) is 0 Å². The number of hydrogen-bond donors (Lipinski definition) is 1. The molecule has 5 rings (SSSR count). The van der Waals surface area contributed by atoms with Gasteiger partial charge in [0.2, 0.25) is 0 Å². The molecule has 2 aliphatic heterocycles. The van der Waals surface area contributed by atoms with Gasteiger partial charge in [-0.05, 0) is 30.1 Å². The fourth-order valence-corrected chi connectivity index (χ4v) is 6.26. The summed E-state index contributed by atoms with van der Waals surface area (Å²) in [5, 5.41) is 9.17. The number of hydrogen-bond acceptors (Lipinski definition) is 5. The Labute approximate surface area is 142 Å². The molecule has 0 aromatic carbocycles. The minimum atomic E-state index is -2.19. The van der Waals surface area contributed by atoms with Crippen LogP contribution in [0.4, 0.5) is 0 Å². The summed E-state index contributed by atoms with van der Waals surface area (Å²) >= 11 is 0. The molecule has 2 heterocycles. The number of quaternary nitrogens is 1. The van der Waals surface area contributed by atoms with Gasteiger partial charge in [-0.25, -0.2) is 0 Å². The molecule has 4 atom stereocenters. The third-order valence-electron chi connectivity index (χ3n) is 7.62. The Bertz CT molecular complexity index is 610. The molecule has 3 aliphatic carbocycles. The van der Waals surface area contributed by atoms with Crippen LogP contribution >= 0.6 is 0 Å². The van der Waals surface area contributed by atoms with Gasteiger partial charge >= 0.3 is 18.6 Å². The summed E-state index contributed by atoms with van der Waals surface area (Å²) in [6.45, 7) is 4.94. The third-order valence-corrected chi connectivity index (χ3v) is 7.62. The molecule has 0 aromatic heterocycles. The van der Waals surface area contributed by atoms with E-state index >= 15 is 0 Å². The van der Waals surface area contributed by atoms with E-state index in [1.165, 1.54) is 12.5 Å². The second-order valence-corrected chi connectivity index (χ2v) is 8.76. The van der Waals surface area contributed by atoms with Crippen LogP contribution in [0.5, 0.6) is 0 Å². The van der Waals surface area contributed by atoms with Gasteiger partial charge in [-0.3, -0.25) is 9.59 Å². The lowest BCUT2D eigenvalue weighted by molar-refractivity contribution is -0.850. The molecule has 6 nitrogen and oxygen atoms in total. The van der Waals surface area contributed by atoms with Crippen molar-refractivity contribution in [3.63, 3.8) is 0 Å². The fourth-order valence-electron chi connectivity index (χ4n) is 6.26. The highest BCUT2D eigenvalue weighted by atomic mass is 16.7. The highest BCUT2D eigenvalue weighted by Crippen LogP contribution is 2.64. The molecule has 7 heteroatoms. The highest BCUT2D eigenvalue weighted by Gasteiger charge is 2.71. The van der Waals surface area contributed by atoms with Crippen molar-refractivity contribution >= 4 is 18.6 Å². The first kappa shape index (κ1) is 16.2. The molecule has 0 amide bonds. The topological polar surface area (TPSA) is 72.8 Å². The molecule has 2 bridgehead atoms. The third kappa shape index (κ3) is 1.80. The number of fused-ring (bicyclic) bond motifs is 4. The van der Waals surface area contributed by atoms with Crippen molar-refractivity contribution in [3.05, 3.63) is 12.1 Å². The smallest absolute Gasteiger partial charge is 0.596 e. The molecule has 2 unspecified atom stereocenters. The van der Waals surface area contributed by atoms with Crippen molar-refractivity contribution in [2.75, 3.05) is 19.7 Å². The summed E-state index contributed by atoms with van der Waals surface area (Å²) in [7, 11) is 0. The predicted molar refractivity (Wildman–Crippen MR) is 87.1 cm³/mol. The van der Waals surface area contributed by atoms with Gasteiger partial charge in [-0.2, -0.15) is 0 Å². The second-order valence-electron chi connectivity index (χ2n) is 8.76. The lowest BCUT2D eigenvalue weighted by atomic mass is 9.43. The van der Waals surface area contributed by atoms with E-state index in [1.807, 2.05) is 0 Å². The maximum Gasteiger partial charge on any atom is 0.607 e. The summed E-state index contributed by atoms with van der Waals surface area (Å²) in [6.07, 6.45) is 3.76. The number of rotatable bonds is 3. The van der Waals surface area contributed by atoms with Gasteiger partial charge in [0.15, 0.2) is 0 Å². The van der Waals surface area contributed by atoms with Crippen molar-refractivity contribution in [1.82, 2.24) is 0 Å². The summed E-state index contributed by atoms with van der Waals surface area (Å²) < 4.78 is 11.5. The van der Waals surface area contributed by atoms with E-state index in [1.54, 1.807) is 5.98 Å². The molecule has 1 N–H and O–H groups in total. The van der Waals surface area contributed by atoms with E-state index in [9.17, 15) is 14.7 Å². The molecule has 5 fully saturated rings. The van der Waals surface area contributed by atoms with Crippen LogP contribution in [0, 0.1) is 23.2 Å². The van der Waals surface area contributed by atoms with Crippen molar-refractivity contribution in [3.8, 4) is 0 Å². The maximum absolute atomic E-state index is 12.2. The number of carbonyl (C=O) groups is 2. The van der Waals surface area contributed by atoms with E-state index in [4.69, 9.17) is 9.31 Å². The Hall–Kier alpha value is -1.34. The monoisotopic (exact) mass is 335 g/mol. The van der Waals surface area contributed by atoms with Crippen LogP contribution in [0.25, 0.3) is 0 Å². The van der Waals surface area contributed by atoms with Crippen LogP contribution in [-0.4, -0.2) is 53.9 Å². The molecule has 0 aromatic rings. The minimum Gasteiger partial charge on any atom is -0.596 e. The summed E-state index contributed by atoms with van der Waals surface area (Å²) in [5.74, 6) is 2.64. The zero-order valence-electron chi connectivity index (χ0n) is 14.6. The highest BCUT2D eigenvalue weighted by molar-refractivity contribution is 6.71. The molecule has 3 saturated carbocycles. The van der Waals surface area contributed by atoms with Gasteiger partial charge in [0, 0.05) is 5.92 Å². The Balaban J connectivity index is 1.75. The van der Waals surface area contributed by atoms with Crippen LogP contribution in [0.2, 0.25) is 0 Å². The van der Waals surface area contributed by atoms with Crippen LogP contribution in [0.15, 0.2) is 12.1 Å². The molecule has 5 aliphatic rings. The lowest BCUT2D eigenvalue weighted by Crippen LogP contribution is -2.73. The van der Waals surface area contributed by atoms with E-state index in [-0.39, 0.29) is 42.1 Å². The molecule has 0 radical (unpaired) electrons. The predicted octanol–water partition coefficient (Wildman–Crippen LogP) is 1.01. The Morgan fingerprint density at radius 3 is 2.38 bits per heavy atom. The molecular weight excluding hydrogens is 309 g/mol. The van der Waals surface area contributed by atoms with E-state index in [0.717, 1.165) is 6.42 Å². The van der Waals surface area contributed by atoms with Gasteiger partial charge < -0.3 is 18.8 Å². The Morgan fingerprint density at radius 2 is 1.88 bits per heavy atom. The number of aliphatic hydroxyl groups excluding tert-OH is 1. The molecule has 2 saturated heterocycles. The van der Waals surface area contributed by atoms with Crippen LogP contribution < -0.4 is 0 Å². The van der Waals surface area contributed by atoms with Gasteiger partial charge in [0.25, 0.3) is 0 Å². The molecule has 132 valence electrons. The van der Waals surface area contributed by atoms with Crippen molar-refractivity contribution in [2.45, 2.75) is 39.7 Å². The first-order valence-corrected chi connectivity index (χ1v) is 8.99. The van der Waals surface area contributed by atoms with Crippen molar-refractivity contribution < 1.29 is 28.4 Å². The summed E-state index contributed by atoms with van der Waals surface area (Å²) in [4.78, 5) is 24.4. The van der Waals surface area contributed by atoms with Gasteiger partial charge in [0.1, 0.15) is 13.1 Å². The van der Waals surface area contributed by atoms with E-state index < -0.39 is 6.69 Å². The average Bonchev–Trinajstić information content (AvgIpc) is 2.91. The van der Waals surface area contributed by atoms with Crippen LogP contribution in [0.3, 0.4) is 0 Å². The van der Waals surface area contributed by atoms with E-state index in [2.05, 4.69) is 20.8 Å². The first-order valence-electron chi connectivity index (χ1n) is 8.99. The van der Waals surface area contributed by atoms with Crippen molar-refractivity contribution in [2.24, 2.45) is 23.2 Å². The first-order chi connectivity index (χ1) is 11.3. The zero-order valence-corrected chi connectivity index (χ0v) is 14.6. The number of aliphatic hydroxyl groups is 1. The summed E-state index contributed by atoms with van der Waals surface area (Å²) in [5.41, 5.74) is 0.333. The number of carbonyl (C=O) groups excluding carboxylic acids is 2. The second kappa shape index (κ2) is 4.85. The molecule has 24 heavy (non-hydrogen) atoms. The van der Waals surface area contributed by atoms with Crippen molar-refractivity contribution in [1.29, 1.82) is 0 Å². The van der Waals surface area contributed by atoms with Crippen LogP contribution in [0.1, 0.15) is 33.6 Å². The average molecular weight is 335 g/mol. The fraction of sp³-hybridized carbons (Fsp3) is 0.765. The van der Waals surface area contributed by atoms with E-state index in [0.29, 0.717) is 23.2 Å². The largest absolute Gasteiger partial charge is 0.607 e. The van der Waals surface area contributed by atoms with Crippen LogP contribution in [-0.2, 0) is 18.9 Å². The maximum atomic E-state index is 12.2. The lowest BCUT2D eigenvalue weighted by Gasteiger charge is -2.66. The Kier molecular flexibility index (Phi) is 3.27. The SMILES string of the molecule is C[C@@H]1C2C[C@@H](CC1[N+]13CC(=O)O[B-]1(/C=C/CO)OC(=O)C3)C2(C)C. The van der Waals surface area contributed by atoms with Gasteiger partial charge in [0.05, 0.1) is 12.6 Å². The number of nitrogens with zero attached hydrogens (tertiary/aromatic N) is 1. The summed E-state index contributed by atoms with van der Waals surface area (Å²) in [6, 6.07) is 0.183. The quantitative estimate of drug-likeness (QED) is 0.780.